The molecule has 2 heteroatoms. The number of hydrogen-bond donors (Lipinski definition) is 0. The van der Waals surface area contributed by atoms with Crippen molar-refractivity contribution in [2.75, 3.05) is 6.79 Å². The zero-order valence-electron chi connectivity index (χ0n) is 14.0. The summed E-state index contributed by atoms with van der Waals surface area (Å²) in [7, 11) is 0. The first-order valence-electron chi connectivity index (χ1n) is 7.59. The molecule has 112 valence electrons. The Labute approximate surface area is 120 Å². The highest BCUT2D eigenvalue weighted by molar-refractivity contribution is 5.49. The Bertz CT molecular complexity index is 306. The molecule has 0 unspecified atom stereocenters. The lowest BCUT2D eigenvalue weighted by Crippen LogP contribution is -1.95. The molecule has 1 aliphatic heterocycles. The molecule has 0 N–H and O–H groups in total. The Balaban J connectivity index is 0. The quantitative estimate of drug-likeness (QED) is 0.621. The second-order valence-corrected chi connectivity index (χ2v) is 3.94. The predicted molar refractivity (Wildman–Crippen MR) is 85.3 cm³/mol. The molecule has 1 aromatic rings. The highest BCUT2D eigenvalue weighted by Crippen LogP contribution is 2.38. The Morgan fingerprint density at radius 1 is 1.00 bits per heavy atom. The lowest BCUT2D eigenvalue weighted by atomic mass is 10.0. The van der Waals surface area contributed by atoms with E-state index in [1.165, 1.54) is 12.0 Å². The van der Waals surface area contributed by atoms with E-state index < -0.39 is 0 Å². The van der Waals surface area contributed by atoms with Crippen molar-refractivity contribution < 1.29 is 9.47 Å². The summed E-state index contributed by atoms with van der Waals surface area (Å²) in [5.41, 5.74) is 1.23. The van der Waals surface area contributed by atoms with E-state index in [1.54, 1.807) is 0 Å². The molecule has 0 aliphatic carbocycles. The maximum Gasteiger partial charge on any atom is 0.231 e. The summed E-state index contributed by atoms with van der Waals surface area (Å²) in [6, 6.07) is 6.02. The van der Waals surface area contributed by atoms with Gasteiger partial charge in [-0.2, -0.15) is 0 Å². The Morgan fingerprint density at radius 3 is 2.00 bits per heavy atom. The second kappa shape index (κ2) is 13.3. The number of hydrogen-bond acceptors (Lipinski definition) is 2. The number of rotatable bonds is 1. The topological polar surface area (TPSA) is 18.5 Å². The lowest BCUT2D eigenvalue weighted by molar-refractivity contribution is 0.173. The van der Waals surface area contributed by atoms with Gasteiger partial charge in [-0.1, -0.05) is 73.9 Å². The van der Waals surface area contributed by atoms with Crippen LogP contribution in [0, 0.1) is 0 Å². The van der Waals surface area contributed by atoms with E-state index in [1.807, 2.05) is 39.8 Å². The van der Waals surface area contributed by atoms with Crippen molar-refractivity contribution in [3.05, 3.63) is 23.8 Å². The average molecular weight is 268 g/mol. The normalized spacial score (nSPS) is 10.4. The van der Waals surface area contributed by atoms with E-state index in [-0.39, 0.29) is 0 Å². The van der Waals surface area contributed by atoms with Crippen molar-refractivity contribution in [2.45, 2.75) is 67.7 Å². The molecule has 0 fully saturated rings. The zero-order chi connectivity index (χ0) is 15.3. The van der Waals surface area contributed by atoms with Crippen LogP contribution in [0.1, 0.15) is 73.3 Å². The summed E-state index contributed by atoms with van der Waals surface area (Å²) in [4.78, 5) is 0. The fourth-order valence-electron chi connectivity index (χ4n) is 1.41. The van der Waals surface area contributed by atoms with E-state index >= 15 is 0 Å². The molecule has 2 nitrogen and oxygen atoms in total. The van der Waals surface area contributed by atoms with E-state index in [0.717, 1.165) is 11.5 Å². The third-order valence-corrected chi connectivity index (χ3v) is 2.05. The Hall–Kier alpha value is -1.18. The molecule has 0 spiro atoms. The second-order valence-electron chi connectivity index (χ2n) is 3.94. The van der Waals surface area contributed by atoms with Crippen LogP contribution < -0.4 is 9.47 Å². The van der Waals surface area contributed by atoms with Gasteiger partial charge in [-0.3, -0.25) is 0 Å². The summed E-state index contributed by atoms with van der Waals surface area (Å²) < 4.78 is 10.6. The molecular weight excluding hydrogens is 236 g/mol. The number of para-hydroxylation sites is 1. The van der Waals surface area contributed by atoms with E-state index in [9.17, 15) is 0 Å². The third-order valence-electron chi connectivity index (χ3n) is 2.05. The zero-order valence-corrected chi connectivity index (χ0v) is 14.0. The number of fused-ring (bicyclic) bond motifs is 1. The maximum atomic E-state index is 5.37. The standard InChI is InChI=1S/C10H12O2.C3H8.2C2H6/c1-7(2)8-4-3-5-9-10(8)12-6-11-9;1-3-2;2*1-2/h3-5,7H,6H2,1-2H3;3H2,1-2H3;2*1-2H3. The van der Waals surface area contributed by atoms with Crippen LogP contribution in [0.25, 0.3) is 0 Å². The van der Waals surface area contributed by atoms with E-state index in [0.29, 0.717) is 12.7 Å². The monoisotopic (exact) mass is 268 g/mol. The van der Waals surface area contributed by atoms with Crippen LogP contribution in [-0.4, -0.2) is 6.79 Å². The molecule has 2 rings (SSSR count). The lowest BCUT2D eigenvalue weighted by Gasteiger charge is -2.07. The minimum absolute atomic E-state index is 0.360. The van der Waals surface area contributed by atoms with Gasteiger partial charge in [-0.15, -0.1) is 0 Å². The minimum atomic E-state index is 0.360. The number of benzene rings is 1. The minimum Gasteiger partial charge on any atom is -0.454 e. The summed E-state index contributed by atoms with van der Waals surface area (Å²) in [5, 5.41) is 0. The maximum absolute atomic E-state index is 5.37. The SMILES string of the molecule is CC.CC.CC(C)c1cccc2c1OCO2.CCC. The fourth-order valence-corrected chi connectivity index (χ4v) is 1.41. The molecule has 0 aromatic heterocycles. The summed E-state index contributed by atoms with van der Waals surface area (Å²) in [6.45, 7) is 16.9. The van der Waals surface area contributed by atoms with Gasteiger partial charge in [0.25, 0.3) is 0 Å². The first-order chi connectivity index (χ1) is 9.20. The molecule has 0 saturated carbocycles. The van der Waals surface area contributed by atoms with Crippen LogP contribution in [0.2, 0.25) is 0 Å². The highest BCUT2D eigenvalue weighted by Gasteiger charge is 2.18. The summed E-state index contributed by atoms with van der Waals surface area (Å²) >= 11 is 0. The van der Waals surface area contributed by atoms with Crippen LogP contribution in [0.3, 0.4) is 0 Å². The molecule has 0 radical (unpaired) electrons. The van der Waals surface area contributed by atoms with Gasteiger partial charge in [0.15, 0.2) is 11.5 Å². The van der Waals surface area contributed by atoms with Crippen molar-refractivity contribution in [3.63, 3.8) is 0 Å². The van der Waals surface area contributed by atoms with Crippen molar-refractivity contribution in [1.29, 1.82) is 0 Å². The molecule has 1 aliphatic rings. The van der Waals surface area contributed by atoms with Gasteiger partial charge in [-0.05, 0) is 12.0 Å². The molecule has 0 saturated heterocycles. The van der Waals surface area contributed by atoms with Gasteiger partial charge in [0, 0.05) is 5.56 Å². The largest absolute Gasteiger partial charge is 0.454 e. The van der Waals surface area contributed by atoms with E-state index in [4.69, 9.17) is 9.47 Å². The van der Waals surface area contributed by atoms with Gasteiger partial charge in [-0.25, -0.2) is 0 Å². The average Bonchev–Trinajstić information content (AvgIpc) is 2.92. The molecule has 1 heterocycles. The first-order valence-corrected chi connectivity index (χ1v) is 7.59. The van der Waals surface area contributed by atoms with Gasteiger partial charge in [0.05, 0.1) is 0 Å². The van der Waals surface area contributed by atoms with Crippen LogP contribution in [0.4, 0.5) is 0 Å². The van der Waals surface area contributed by atoms with Gasteiger partial charge < -0.3 is 9.47 Å². The van der Waals surface area contributed by atoms with Crippen molar-refractivity contribution in [3.8, 4) is 11.5 Å². The first kappa shape index (κ1) is 20.1. The van der Waals surface area contributed by atoms with Crippen molar-refractivity contribution >= 4 is 0 Å². The Kier molecular flexibility index (Phi) is 14.1. The van der Waals surface area contributed by atoms with Crippen LogP contribution >= 0.6 is 0 Å². The summed E-state index contributed by atoms with van der Waals surface area (Å²) in [6.07, 6.45) is 1.25. The van der Waals surface area contributed by atoms with Crippen molar-refractivity contribution in [2.24, 2.45) is 0 Å². The molecular formula is C17H32O2. The molecule has 19 heavy (non-hydrogen) atoms. The van der Waals surface area contributed by atoms with E-state index in [2.05, 4.69) is 33.8 Å². The fraction of sp³-hybridized carbons (Fsp3) is 0.647. The van der Waals surface area contributed by atoms with Crippen LogP contribution in [0.5, 0.6) is 11.5 Å². The van der Waals surface area contributed by atoms with Gasteiger partial charge >= 0.3 is 0 Å². The molecule has 1 aromatic carbocycles. The van der Waals surface area contributed by atoms with Crippen molar-refractivity contribution in [1.82, 2.24) is 0 Å². The van der Waals surface area contributed by atoms with Gasteiger partial charge in [0.2, 0.25) is 6.79 Å². The number of ether oxygens (including phenoxy) is 2. The highest BCUT2D eigenvalue weighted by atomic mass is 16.7. The molecule has 0 amide bonds. The smallest absolute Gasteiger partial charge is 0.231 e. The molecule has 0 bridgehead atoms. The molecule has 0 atom stereocenters. The van der Waals surface area contributed by atoms with Gasteiger partial charge in [0.1, 0.15) is 0 Å². The van der Waals surface area contributed by atoms with Crippen LogP contribution in [-0.2, 0) is 0 Å². The Morgan fingerprint density at radius 2 is 1.53 bits per heavy atom. The summed E-state index contributed by atoms with van der Waals surface area (Å²) in [5.74, 6) is 2.29. The van der Waals surface area contributed by atoms with Crippen LogP contribution in [0.15, 0.2) is 18.2 Å². The predicted octanol–water partition coefficient (Wildman–Crippen LogP) is 6.01. The third kappa shape index (κ3) is 7.09.